The second-order valence-corrected chi connectivity index (χ2v) is 3.60. The molecular weight excluding hydrogens is 228 g/mol. The largest absolute Gasteiger partial charge is 0.273 e. The molecule has 1 aromatic carbocycles. The van der Waals surface area contributed by atoms with Crippen LogP contribution in [0.15, 0.2) is 24.3 Å². The molecule has 16 heavy (non-hydrogen) atoms. The molecule has 5 heteroatoms. The molecule has 86 valence electrons. The molecule has 0 aromatic heterocycles. The number of hydrogen-bond acceptors (Lipinski definition) is 2. The third-order valence-electron chi connectivity index (χ3n) is 2.07. The molecule has 0 unspecified atom stereocenters. The van der Waals surface area contributed by atoms with Gasteiger partial charge in [0.1, 0.15) is 5.88 Å². The van der Waals surface area contributed by atoms with Crippen LogP contribution in [0.4, 0.5) is 0 Å². The number of hydrogen-bond donors (Lipinski definition) is 2. The second kappa shape index (κ2) is 6.12. The van der Waals surface area contributed by atoms with Gasteiger partial charge in [-0.1, -0.05) is 24.3 Å². The molecule has 0 atom stereocenters. The summed E-state index contributed by atoms with van der Waals surface area (Å²) >= 11 is 5.26. The van der Waals surface area contributed by atoms with Crippen molar-refractivity contribution in [3.8, 4) is 0 Å². The molecule has 0 radical (unpaired) electrons. The molecule has 0 aliphatic heterocycles. The number of amides is 2. The van der Waals surface area contributed by atoms with E-state index in [0.29, 0.717) is 0 Å². The van der Waals surface area contributed by atoms with Crippen molar-refractivity contribution in [1.82, 2.24) is 10.9 Å². The minimum Gasteiger partial charge on any atom is -0.273 e. The van der Waals surface area contributed by atoms with Crippen molar-refractivity contribution >= 4 is 23.4 Å². The zero-order valence-corrected chi connectivity index (χ0v) is 9.67. The molecule has 1 rings (SSSR count). The monoisotopic (exact) mass is 240 g/mol. The molecule has 0 spiro atoms. The summed E-state index contributed by atoms with van der Waals surface area (Å²) in [5.74, 6) is -0.877. The Morgan fingerprint density at radius 1 is 1.19 bits per heavy atom. The van der Waals surface area contributed by atoms with Gasteiger partial charge < -0.3 is 0 Å². The van der Waals surface area contributed by atoms with E-state index in [-0.39, 0.29) is 18.2 Å². The molecule has 0 heterocycles. The molecule has 0 aliphatic rings. The Kier molecular flexibility index (Phi) is 4.79. The Morgan fingerprint density at radius 2 is 1.81 bits per heavy atom. The van der Waals surface area contributed by atoms with E-state index in [1.54, 1.807) is 0 Å². The summed E-state index contributed by atoms with van der Waals surface area (Å²) in [6.07, 6.45) is 0.231. The smallest absolute Gasteiger partial charge is 0.253 e. The third kappa shape index (κ3) is 3.90. The quantitative estimate of drug-likeness (QED) is 0.610. The van der Waals surface area contributed by atoms with Crippen LogP contribution < -0.4 is 10.9 Å². The van der Waals surface area contributed by atoms with E-state index in [4.69, 9.17) is 11.6 Å². The number of carbonyl (C=O) groups is 2. The fourth-order valence-corrected chi connectivity index (χ4v) is 1.27. The van der Waals surface area contributed by atoms with Gasteiger partial charge in [-0.3, -0.25) is 20.4 Å². The highest BCUT2D eigenvalue weighted by Gasteiger charge is 2.06. The summed E-state index contributed by atoms with van der Waals surface area (Å²) in [5.41, 5.74) is 6.46. The lowest BCUT2D eigenvalue weighted by Crippen LogP contribution is -2.43. The molecule has 2 N–H and O–H groups in total. The number of benzene rings is 1. The average molecular weight is 241 g/mol. The predicted octanol–water partition coefficient (Wildman–Crippen LogP) is 0.924. The standard InChI is InChI=1S/C11H13ClN2O2/c1-8-4-2-3-5-9(8)6-10(15)13-14-11(16)7-12/h2-5H,6-7H2,1H3,(H,13,15)(H,14,16). The maximum Gasteiger partial charge on any atom is 0.253 e. The lowest BCUT2D eigenvalue weighted by Gasteiger charge is -2.07. The SMILES string of the molecule is Cc1ccccc1CC(=O)NNC(=O)CCl. The minimum atomic E-state index is -0.431. The molecule has 0 fully saturated rings. The van der Waals surface area contributed by atoms with Crippen LogP contribution in [-0.2, 0) is 16.0 Å². The van der Waals surface area contributed by atoms with Crippen molar-refractivity contribution in [2.45, 2.75) is 13.3 Å². The van der Waals surface area contributed by atoms with Crippen LogP contribution in [0, 0.1) is 6.92 Å². The van der Waals surface area contributed by atoms with Gasteiger partial charge in [-0.15, -0.1) is 11.6 Å². The van der Waals surface area contributed by atoms with Crippen molar-refractivity contribution in [3.05, 3.63) is 35.4 Å². The molecule has 0 aliphatic carbocycles. The normalized spacial score (nSPS) is 9.62. The van der Waals surface area contributed by atoms with Crippen LogP contribution in [0.3, 0.4) is 0 Å². The topological polar surface area (TPSA) is 58.2 Å². The van der Waals surface area contributed by atoms with Crippen LogP contribution in [0.1, 0.15) is 11.1 Å². The highest BCUT2D eigenvalue weighted by Crippen LogP contribution is 2.06. The van der Waals surface area contributed by atoms with Gasteiger partial charge in [-0.25, -0.2) is 0 Å². The van der Waals surface area contributed by atoms with Gasteiger partial charge in [-0.05, 0) is 18.1 Å². The van der Waals surface area contributed by atoms with E-state index < -0.39 is 5.91 Å². The molecule has 2 amide bonds. The predicted molar refractivity (Wildman–Crippen MR) is 61.9 cm³/mol. The van der Waals surface area contributed by atoms with E-state index in [1.807, 2.05) is 31.2 Å². The third-order valence-corrected chi connectivity index (χ3v) is 2.32. The van der Waals surface area contributed by atoms with Crippen molar-refractivity contribution in [2.75, 3.05) is 5.88 Å². The van der Waals surface area contributed by atoms with Crippen LogP contribution in [0.2, 0.25) is 0 Å². The van der Waals surface area contributed by atoms with E-state index in [1.165, 1.54) is 0 Å². The number of nitrogens with one attached hydrogen (secondary N) is 2. The number of hydrazine groups is 1. The maximum absolute atomic E-state index is 11.4. The van der Waals surface area contributed by atoms with Gasteiger partial charge in [0.05, 0.1) is 6.42 Å². The first kappa shape index (κ1) is 12.5. The zero-order chi connectivity index (χ0) is 12.0. The van der Waals surface area contributed by atoms with Crippen molar-refractivity contribution in [3.63, 3.8) is 0 Å². The van der Waals surface area contributed by atoms with Crippen molar-refractivity contribution < 1.29 is 9.59 Å². The first-order chi connectivity index (χ1) is 7.63. The van der Waals surface area contributed by atoms with E-state index in [9.17, 15) is 9.59 Å². The molecule has 4 nitrogen and oxygen atoms in total. The summed E-state index contributed by atoms with van der Waals surface area (Å²) in [6.45, 7) is 1.93. The Hall–Kier alpha value is -1.55. The summed E-state index contributed by atoms with van der Waals surface area (Å²) in [7, 11) is 0. The lowest BCUT2D eigenvalue weighted by atomic mass is 10.1. The minimum absolute atomic E-state index is 0.176. The number of halogens is 1. The van der Waals surface area contributed by atoms with Crippen LogP contribution in [0.25, 0.3) is 0 Å². The zero-order valence-electron chi connectivity index (χ0n) is 8.92. The van der Waals surface area contributed by atoms with Gasteiger partial charge in [0.2, 0.25) is 5.91 Å². The van der Waals surface area contributed by atoms with Gasteiger partial charge in [-0.2, -0.15) is 0 Å². The van der Waals surface area contributed by atoms with Crippen LogP contribution in [-0.4, -0.2) is 17.7 Å². The second-order valence-electron chi connectivity index (χ2n) is 3.33. The summed E-state index contributed by atoms with van der Waals surface area (Å²) in [4.78, 5) is 22.2. The van der Waals surface area contributed by atoms with Gasteiger partial charge >= 0.3 is 0 Å². The maximum atomic E-state index is 11.4. The first-order valence-corrected chi connectivity index (χ1v) is 5.35. The van der Waals surface area contributed by atoms with Crippen LogP contribution >= 0.6 is 11.6 Å². The van der Waals surface area contributed by atoms with E-state index in [0.717, 1.165) is 11.1 Å². The first-order valence-electron chi connectivity index (χ1n) is 4.81. The van der Waals surface area contributed by atoms with Gasteiger partial charge in [0.15, 0.2) is 0 Å². The fourth-order valence-electron chi connectivity index (χ4n) is 1.20. The molecule has 0 saturated heterocycles. The van der Waals surface area contributed by atoms with Crippen molar-refractivity contribution in [2.24, 2.45) is 0 Å². The summed E-state index contributed by atoms with van der Waals surface area (Å²) in [5, 5.41) is 0. The van der Waals surface area contributed by atoms with E-state index >= 15 is 0 Å². The molecular formula is C11H13ClN2O2. The Labute approximate surface area is 99.0 Å². The van der Waals surface area contributed by atoms with Crippen LogP contribution in [0.5, 0.6) is 0 Å². The number of carbonyl (C=O) groups excluding carboxylic acids is 2. The number of alkyl halides is 1. The van der Waals surface area contributed by atoms with Gasteiger partial charge in [0, 0.05) is 0 Å². The summed E-state index contributed by atoms with van der Waals surface area (Å²) < 4.78 is 0. The molecule has 0 bridgehead atoms. The molecule has 1 aromatic rings. The highest BCUT2D eigenvalue weighted by atomic mass is 35.5. The highest BCUT2D eigenvalue weighted by molar-refractivity contribution is 6.27. The van der Waals surface area contributed by atoms with Crippen molar-refractivity contribution in [1.29, 1.82) is 0 Å². The van der Waals surface area contributed by atoms with E-state index in [2.05, 4.69) is 10.9 Å². The Morgan fingerprint density at radius 3 is 2.44 bits per heavy atom. The number of rotatable bonds is 3. The van der Waals surface area contributed by atoms with Gasteiger partial charge in [0.25, 0.3) is 5.91 Å². The Balaban J connectivity index is 2.46. The Bertz CT molecular complexity index is 393. The number of aryl methyl sites for hydroxylation is 1. The average Bonchev–Trinajstić information content (AvgIpc) is 2.29. The summed E-state index contributed by atoms with van der Waals surface area (Å²) in [6, 6.07) is 7.58. The fraction of sp³-hybridized carbons (Fsp3) is 0.273. The lowest BCUT2D eigenvalue weighted by molar-refractivity contribution is -0.127. The molecule has 0 saturated carbocycles.